The largest absolute Gasteiger partial charge is 0.507 e. The van der Waals surface area contributed by atoms with Gasteiger partial charge in [-0.15, -0.1) is 0 Å². The average molecular weight is 570 g/mol. The third kappa shape index (κ3) is 5.65. The highest BCUT2D eigenvalue weighted by molar-refractivity contribution is 7.92. The number of methoxy groups -OCH3 is 1. The lowest BCUT2D eigenvalue weighted by atomic mass is 9.96. The Morgan fingerprint density at radius 2 is 1.65 bits per heavy atom. The highest BCUT2D eigenvalue weighted by Crippen LogP contribution is 2.43. The number of fused-ring (bicyclic) bond motifs is 1. The van der Waals surface area contributed by atoms with Crippen molar-refractivity contribution < 1.29 is 32.5 Å². The fourth-order valence-corrected chi connectivity index (χ4v) is 5.99. The first-order valence-corrected chi connectivity index (χ1v) is 14.6. The van der Waals surface area contributed by atoms with Gasteiger partial charge in [-0.1, -0.05) is 23.3 Å². The molecule has 3 aromatic rings. The summed E-state index contributed by atoms with van der Waals surface area (Å²) in [7, 11) is -2.44. The molecule has 3 N–H and O–H groups in total. The maximum absolute atomic E-state index is 13.7. The van der Waals surface area contributed by atoms with Gasteiger partial charge in [0.2, 0.25) is 21.0 Å². The Balaban J connectivity index is 1.92. The van der Waals surface area contributed by atoms with Crippen molar-refractivity contribution in [1.82, 2.24) is 5.32 Å². The molecule has 1 aliphatic rings. The van der Waals surface area contributed by atoms with E-state index >= 15 is 0 Å². The van der Waals surface area contributed by atoms with Crippen molar-refractivity contribution in [3.05, 3.63) is 68.9 Å². The second kappa shape index (κ2) is 11.9. The quantitative estimate of drug-likeness (QED) is 0.332. The summed E-state index contributed by atoms with van der Waals surface area (Å²) in [4.78, 5) is 13.8. The summed E-state index contributed by atoms with van der Waals surface area (Å²) in [6.07, 6.45) is 4.22. The van der Waals surface area contributed by atoms with Crippen LogP contribution in [0.3, 0.4) is 0 Å². The molecule has 1 unspecified atom stereocenters. The lowest BCUT2D eigenvalue weighted by Crippen LogP contribution is -2.42. The summed E-state index contributed by atoms with van der Waals surface area (Å²) < 4.78 is 43.2. The molecule has 2 aromatic carbocycles. The molecule has 9 nitrogen and oxygen atoms in total. The standard InChI is InChI=1S/C30H35NO8S/c1-17(2)6-12-21-25(32)22(13-7-18(3)4)29-24(26(21)33)27(34)30(37-5)28(39-29)19-8-10-20(11-9-19)40(35,36)23-16-31-14-15-38-23/h6-11,23,31-33H,12-16H2,1-5H3. The molecule has 1 aliphatic heterocycles. The molecule has 0 radical (unpaired) electrons. The number of sulfone groups is 1. The Kier molecular flexibility index (Phi) is 8.72. The molecule has 214 valence electrons. The van der Waals surface area contributed by atoms with Gasteiger partial charge in [-0.05, 0) is 64.8 Å². The molecule has 0 aliphatic carbocycles. The van der Waals surface area contributed by atoms with E-state index in [4.69, 9.17) is 13.9 Å². The normalized spacial score (nSPS) is 15.6. The topological polar surface area (TPSA) is 135 Å². The molecule has 40 heavy (non-hydrogen) atoms. The third-order valence-electron chi connectivity index (χ3n) is 6.76. The molecular formula is C30H35NO8S. The molecule has 1 fully saturated rings. The molecule has 0 bridgehead atoms. The van der Waals surface area contributed by atoms with Crippen LogP contribution in [-0.2, 0) is 27.4 Å². The van der Waals surface area contributed by atoms with Crippen molar-refractivity contribution in [2.24, 2.45) is 0 Å². The minimum Gasteiger partial charge on any atom is -0.507 e. The lowest BCUT2D eigenvalue weighted by molar-refractivity contribution is 0.0785. The van der Waals surface area contributed by atoms with Gasteiger partial charge in [0.05, 0.1) is 18.6 Å². The van der Waals surface area contributed by atoms with Gasteiger partial charge in [-0.2, -0.15) is 0 Å². The predicted molar refractivity (Wildman–Crippen MR) is 154 cm³/mol. The summed E-state index contributed by atoms with van der Waals surface area (Å²) in [6, 6.07) is 5.89. The zero-order valence-electron chi connectivity index (χ0n) is 23.3. The molecule has 1 aromatic heterocycles. The van der Waals surface area contributed by atoms with Gasteiger partial charge < -0.3 is 29.4 Å². The maximum atomic E-state index is 13.7. The second-order valence-electron chi connectivity index (χ2n) is 10.2. The molecule has 0 saturated carbocycles. The average Bonchev–Trinajstić information content (AvgIpc) is 2.92. The number of hydrogen-bond donors (Lipinski definition) is 3. The molecule has 0 amide bonds. The summed E-state index contributed by atoms with van der Waals surface area (Å²) in [5.74, 6) is -0.618. The van der Waals surface area contributed by atoms with Crippen LogP contribution in [0.15, 0.2) is 61.7 Å². The Labute approximate surface area is 233 Å². The van der Waals surface area contributed by atoms with E-state index < -0.39 is 20.7 Å². The van der Waals surface area contributed by atoms with Crippen molar-refractivity contribution in [1.29, 1.82) is 0 Å². The number of nitrogens with one attached hydrogen (secondary N) is 1. The molecule has 1 atom stereocenters. The number of hydrogen-bond acceptors (Lipinski definition) is 9. The minimum atomic E-state index is -3.76. The first kappa shape index (κ1) is 29.4. The minimum absolute atomic E-state index is 0.0348. The number of morpholine rings is 1. The number of phenols is 2. The number of benzene rings is 2. The smallest absolute Gasteiger partial charge is 0.239 e. The number of allylic oxidation sites excluding steroid dienone is 4. The van der Waals surface area contributed by atoms with Crippen LogP contribution in [0.2, 0.25) is 0 Å². The van der Waals surface area contributed by atoms with Crippen LogP contribution in [0.25, 0.3) is 22.3 Å². The number of rotatable bonds is 8. The SMILES string of the molecule is COc1c(-c2ccc(S(=O)(=O)C3CNCCO3)cc2)oc2c(CC=C(C)C)c(O)c(CC=C(C)C)c(O)c2c1=O. The van der Waals surface area contributed by atoms with Crippen LogP contribution in [0.5, 0.6) is 17.2 Å². The van der Waals surface area contributed by atoms with Crippen molar-refractivity contribution >= 4 is 20.8 Å². The summed E-state index contributed by atoms with van der Waals surface area (Å²) >= 11 is 0. The van der Waals surface area contributed by atoms with Gasteiger partial charge in [0.1, 0.15) is 22.5 Å². The van der Waals surface area contributed by atoms with E-state index in [1.165, 1.54) is 31.4 Å². The lowest BCUT2D eigenvalue weighted by Gasteiger charge is -2.23. The van der Waals surface area contributed by atoms with Crippen molar-refractivity contribution in [3.63, 3.8) is 0 Å². The van der Waals surface area contributed by atoms with Gasteiger partial charge in [0.15, 0.2) is 11.2 Å². The summed E-state index contributed by atoms with van der Waals surface area (Å²) in [5.41, 5.74) is 1.38. The van der Waals surface area contributed by atoms with E-state index in [0.717, 1.165) is 11.1 Å². The first-order chi connectivity index (χ1) is 19.0. The molecular weight excluding hydrogens is 534 g/mol. The van der Waals surface area contributed by atoms with Crippen LogP contribution >= 0.6 is 0 Å². The van der Waals surface area contributed by atoms with Crippen molar-refractivity contribution in [2.45, 2.75) is 50.9 Å². The molecule has 4 rings (SSSR count). The molecule has 10 heteroatoms. The van der Waals surface area contributed by atoms with E-state index in [2.05, 4.69) is 5.32 Å². The van der Waals surface area contributed by atoms with E-state index in [0.29, 0.717) is 24.3 Å². The Bertz CT molecular complexity index is 1640. The zero-order valence-corrected chi connectivity index (χ0v) is 24.1. The van der Waals surface area contributed by atoms with Crippen LogP contribution in [-0.4, -0.2) is 50.9 Å². The predicted octanol–water partition coefficient (Wildman–Crippen LogP) is 4.62. The van der Waals surface area contributed by atoms with Gasteiger partial charge in [-0.25, -0.2) is 8.42 Å². The highest BCUT2D eigenvalue weighted by atomic mass is 32.2. The summed E-state index contributed by atoms with van der Waals surface area (Å²) in [5, 5.41) is 25.3. The van der Waals surface area contributed by atoms with Gasteiger partial charge in [0, 0.05) is 29.8 Å². The van der Waals surface area contributed by atoms with Crippen LogP contribution in [0, 0.1) is 0 Å². The van der Waals surface area contributed by atoms with Crippen LogP contribution in [0.4, 0.5) is 0 Å². The molecule has 1 saturated heterocycles. The number of aromatic hydroxyl groups is 2. The van der Waals surface area contributed by atoms with Gasteiger partial charge in [-0.3, -0.25) is 4.79 Å². The van der Waals surface area contributed by atoms with Crippen molar-refractivity contribution in [2.75, 3.05) is 26.8 Å². The third-order valence-corrected chi connectivity index (χ3v) is 8.68. The second-order valence-corrected chi connectivity index (χ2v) is 12.3. The van der Waals surface area contributed by atoms with E-state index in [-0.39, 0.29) is 63.8 Å². The van der Waals surface area contributed by atoms with Crippen LogP contribution < -0.4 is 15.5 Å². The van der Waals surface area contributed by atoms with Crippen LogP contribution in [0.1, 0.15) is 38.8 Å². The fraction of sp³-hybridized carbons (Fsp3) is 0.367. The maximum Gasteiger partial charge on any atom is 0.239 e. The van der Waals surface area contributed by atoms with E-state index in [1.54, 1.807) is 0 Å². The number of phenolic OH excluding ortho intramolecular Hbond substituents is 2. The molecule has 0 spiro atoms. The Morgan fingerprint density at radius 3 is 2.20 bits per heavy atom. The van der Waals surface area contributed by atoms with Gasteiger partial charge in [0.25, 0.3) is 0 Å². The Morgan fingerprint density at radius 1 is 1.02 bits per heavy atom. The monoisotopic (exact) mass is 569 g/mol. The fourth-order valence-electron chi connectivity index (χ4n) is 4.56. The van der Waals surface area contributed by atoms with Crippen molar-refractivity contribution in [3.8, 4) is 28.6 Å². The highest BCUT2D eigenvalue weighted by Gasteiger charge is 2.31. The Hall–Kier alpha value is -3.60. The number of ether oxygens (including phenoxy) is 2. The molecule has 2 heterocycles. The first-order valence-electron chi connectivity index (χ1n) is 13.0. The summed E-state index contributed by atoms with van der Waals surface area (Å²) in [6.45, 7) is 8.71. The van der Waals surface area contributed by atoms with E-state index in [9.17, 15) is 23.4 Å². The van der Waals surface area contributed by atoms with Gasteiger partial charge >= 0.3 is 0 Å². The van der Waals surface area contributed by atoms with E-state index in [1.807, 2.05) is 39.8 Å². The zero-order chi connectivity index (χ0) is 29.2.